The fraction of sp³-hybridized carbons (Fsp3) is 0.417. The van der Waals surface area contributed by atoms with E-state index in [1.807, 2.05) is 0 Å². The van der Waals surface area contributed by atoms with Crippen LogP contribution >= 0.6 is 0 Å². The lowest BCUT2D eigenvalue weighted by atomic mass is 10.0. The Kier molecular flexibility index (Phi) is 4.09. The number of alkyl halides is 4. The minimum atomic E-state index is -5.31. The van der Waals surface area contributed by atoms with E-state index in [-0.39, 0.29) is 12.2 Å². The molecular formula is C12H9F4N3O2. The number of nitriles is 1. The van der Waals surface area contributed by atoms with E-state index < -0.39 is 24.1 Å². The Labute approximate surface area is 116 Å². The van der Waals surface area contributed by atoms with Crippen molar-refractivity contribution >= 4 is 11.7 Å². The summed E-state index contributed by atoms with van der Waals surface area (Å²) in [6.45, 7) is 0.522. The van der Waals surface area contributed by atoms with Gasteiger partial charge in [0.25, 0.3) is 12.1 Å². The molecular weight excluding hydrogens is 294 g/mol. The molecule has 21 heavy (non-hydrogen) atoms. The maximum Gasteiger partial charge on any atom is 0.428 e. The number of rotatable bonds is 2. The zero-order chi connectivity index (χ0) is 15.6. The average Bonchev–Trinajstić information content (AvgIpc) is 2.45. The highest BCUT2D eigenvalue weighted by Crippen LogP contribution is 2.27. The maximum absolute atomic E-state index is 12.9. The van der Waals surface area contributed by atoms with E-state index >= 15 is 0 Å². The summed E-state index contributed by atoms with van der Waals surface area (Å²) in [5.41, 5.74) is 1.04. The molecule has 1 aromatic rings. The maximum atomic E-state index is 12.9. The van der Waals surface area contributed by atoms with Crippen LogP contribution in [0.25, 0.3) is 0 Å². The number of nitrogens with zero attached hydrogens (tertiary/aromatic N) is 2. The van der Waals surface area contributed by atoms with E-state index in [1.165, 1.54) is 6.20 Å². The molecule has 1 aliphatic rings. The van der Waals surface area contributed by atoms with E-state index in [4.69, 9.17) is 10.00 Å². The number of aromatic nitrogens is 1. The summed E-state index contributed by atoms with van der Waals surface area (Å²) in [5, 5.41) is 10.8. The lowest BCUT2D eigenvalue weighted by molar-refractivity contribution is -0.183. The summed E-state index contributed by atoms with van der Waals surface area (Å²) < 4.78 is 54.4. The van der Waals surface area contributed by atoms with Gasteiger partial charge in [-0.3, -0.25) is 4.79 Å². The van der Waals surface area contributed by atoms with Crippen LogP contribution in [0.15, 0.2) is 6.20 Å². The van der Waals surface area contributed by atoms with Gasteiger partial charge in [0, 0.05) is 11.8 Å². The van der Waals surface area contributed by atoms with Crippen LogP contribution in [-0.2, 0) is 22.6 Å². The van der Waals surface area contributed by atoms with Crippen LogP contribution in [-0.4, -0.2) is 29.8 Å². The third kappa shape index (κ3) is 3.11. The van der Waals surface area contributed by atoms with Gasteiger partial charge in [0.1, 0.15) is 11.6 Å². The number of carbonyl (C=O) groups excluding carboxylic acids is 1. The number of carbonyl (C=O) groups is 1. The van der Waals surface area contributed by atoms with Gasteiger partial charge in [0.05, 0.1) is 13.2 Å². The van der Waals surface area contributed by atoms with Gasteiger partial charge in [-0.25, -0.2) is 9.37 Å². The van der Waals surface area contributed by atoms with Gasteiger partial charge in [-0.15, -0.1) is 0 Å². The molecule has 2 heterocycles. The van der Waals surface area contributed by atoms with Crippen molar-refractivity contribution in [1.29, 1.82) is 5.26 Å². The van der Waals surface area contributed by atoms with E-state index in [0.717, 1.165) is 0 Å². The Balaban J connectivity index is 2.29. The Morgan fingerprint density at radius 3 is 2.86 bits per heavy atom. The molecule has 9 heteroatoms. The van der Waals surface area contributed by atoms with Crippen LogP contribution in [0.1, 0.15) is 16.7 Å². The van der Waals surface area contributed by atoms with Crippen molar-refractivity contribution in [3.63, 3.8) is 0 Å². The number of ether oxygens (including phenoxy) is 1. The van der Waals surface area contributed by atoms with Crippen LogP contribution in [0.5, 0.6) is 0 Å². The summed E-state index contributed by atoms with van der Waals surface area (Å²) in [6, 6.07) is 1.75. The van der Waals surface area contributed by atoms with Gasteiger partial charge in [0.2, 0.25) is 0 Å². The molecule has 1 unspecified atom stereocenters. The Morgan fingerprint density at radius 1 is 1.52 bits per heavy atom. The first-order valence-electron chi connectivity index (χ1n) is 5.85. The number of anilines is 1. The Morgan fingerprint density at radius 2 is 2.24 bits per heavy atom. The van der Waals surface area contributed by atoms with Crippen molar-refractivity contribution in [3.8, 4) is 6.07 Å². The van der Waals surface area contributed by atoms with Crippen LogP contribution in [0.3, 0.4) is 0 Å². The second-order valence-electron chi connectivity index (χ2n) is 4.29. The predicted molar refractivity (Wildman–Crippen MR) is 61.9 cm³/mol. The van der Waals surface area contributed by atoms with Crippen molar-refractivity contribution < 1.29 is 27.1 Å². The Bertz CT molecular complexity index is 610. The van der Waals surface area contributed by atoms with Crippen LogP contribution in [0, 0.1) is 11.3 Å². The number of amides is 1. The molecule has 1 amide bonds. The van der Waals surface area contributed by atoms with Crippen LogP contribution in [0.4, 0.5) is 23.4 Å². The van der Waals surface area contributed by atoms with E-state index in [2.05, 4.69) is 4.98 Å². The highest BCUT2D eigenvalue weighted by molar-refractivity contribution is 5.95. The second-order valence-corrected chi connectivity index (χ2v) is 4.29. The first-order valence-corrected chi connectivity index (χ1v) is 5.85. The van der Waals surface area contributed by atoms with E-state index in [9.17, 15) is 22.4 Å². The molecule has 0 spiro atoms. The van der Waals surface area contributed by atoms with Crippen molar-refractivity contribution in [2.75, 3.05) is 11.9 Å². The first kappa shape index (κ1) is 15.2. The minimum absolute atomic E-state index is 0.0853. The minimum Gasteiger partial charge on any atom is -0.376 e. The molecule has 0 radical (unpaired) electrons. The normalized spacial score (nSPS) is 15.8. The first-order chi connectivity index (χ1) is 9.84. The molecule has 1 aliphatic heterocycles. The smallest absolute Gasteiger partial charge is 0.376 e. The van der Waals surface area contributed by atoms with Crippen molar-refractivity contribution in [2.24, 2.45) is 0 Å². The lowest BCUT2D eigenvalue weighted by Crippen LogP contribution is -2.37. The van der Waals surface area contributed by atoms with Crippen LogP contribution < -0.4 is 5.32 Å². The fourth-order valence-electron chi connectivity index (χ4n) is 1.87. The molecule has 1 aromatic heterocycles. The van der Waals surface area contributed by atoms with Crippen molar-refractivity contribution in [2.45, 2.75) is 25.4 Å². The molecule has 0 aromatic carbocycles. The summed E-state index contributed by atoms with van der Waals surface area (Å²) in [6.07, 6.45) is -7.17. The quantitative estimate of drug-likeness (QED) is 0.846. The third-order valence-electron chi connectivity index (χ3n) is 2.91. The molecule has 5 nitrogen and oxygen atoms in total. The topological polar surface area (TPSA) is 75.0 Å². The number of hydrogen-bond acceptors (Lipinski definition) is 4. The third-order valence-corrected chi connectivity index (χ3v) is 2.91. The average molecular weight is 303 g/mol. The Hall–Kier alpha value is -2.21. The fourth-order valence-corrected chi connectivity index (χ4v) is 1.87. The SMILES string of the molecule is N#Cc1c(NC(=O)C(F)C(F)(F)F)ncc2c1COCC2. The zero-order valence-corrected chi connectivity index (χ0v) is 10.5. The summed E-state index contributed by atoms with van der Waals surface area (Å²) in [7, 11) is 0. The van der Waals surface area contributed by atoms with Gasteiger partial charge < -0.3 is 10.1 Å². The largest absolute Gasteiger partial charge is 0.428 e. The van der Waals surface area contributed by atoms with Gasteiger partial charge in [0.15, 0.2) is 5.82 Å². The van der Waals surface area contributed by atoms with E-state index in [1.54, 1.807) is 11.4 Å². The number of hydrogen-bond donors (Lipinski definition) is 1. The summed E-state index contributed by atoms with van der Waals surface area (Å²) >= 11 is 0. The number of halogens is 4. The van der Waals surface area contributed by atoms with Crippen molar-refractivity contribution in [3.05, 3.63) is 22.9 Å². The highest BCUT2D eigenvalue weighted by Gasteiger charge is 2.45. The molecule has 112 valence electrons. The standard InChI is InChI=1S/C12H9F4N3O2/c13-9(12(14,15)16)11(20)19-10-7(3-17)8-5-21-2-1-6(8)4-18-10/h4,9H,1-2,5H2,(H,18,19,20). The molecule has 0 aliphatic carbocycles. The van der Waals surface area contributed by atoms with Crippen LogP contribution in [0.2, 0.25) is 0 Å². The molecule has 1 atom stereocenters. The molecule has 2 rings (SSSR count). The molecule has 0 fully saturated rings. The van der Waals surface area contributed by atoms with Gasteiger partial charge in [-0.05, 0) is 12.0 Å². The second kappa shape index (κ2) is 5.65. The number of fused-ring (bicyclic) bond motifs is 1. The zero-order valence-electron chi connectivity index (χ0n) is 10.5. The predicted octanol–water partition coefficient (Wildman–Crippen LogP) is 1.86. The monoisotopic (exact) mass is 303 g/mol. The van der Waals surface area contributed by atoms with Gasteiger partial charge in [-0.2, -0.15) is 18.4 Å². The highest BCUT2D eigenvalue weighted by atomic mass is 19.4. The van der Waals surface area contributed by atoms with Crippen molar-refractivity contribution in [1.82, 2.24) is 4.98 Å². The molecule has 0 saturated carbocycles. The van der Waals surface area contributed by atoms with Gasteiger partial charge >= 0.3 is 6.18 Å². The van der Waals surface area contributed by atoms with E-state index in [0.29, 0.717) is 24.2 Å². The molecule has 0 bridgehead atoms. The summed E-state index contributed by atoms with van der Waals surface area (Å²) in [4.78, 5) is 14.9. The number of pyridine rings is 1. The number of nitrogens with one attached hydrogen (secondary N) is 1. The summed E-state index contributed by atoms with van der Waals surface area (Å²) in [5.74, 6) is -2.32. The lowest BCUT2D eigenvalue weighted by Gasteiger charge is -2.19. The molecule has 1 N–H and O–H groups in total. The molecule has 0 saturated heterocycles. The van der Waals surface area contributed by atoms with Gasteiger partial charge in [-0.1, -0.05) is 0 Å².